The van der Waals surface area contributed by atoms with Crippen LogP contribution in [0.4, 0.5) is 16.2 Å². The molecule has 1 heterocycles. The zero-order chi connectivity index (χ0) is 49.0. The van der Waals surface area contributed by atoms with Gasteiger partial charge in [-0.15, -0.1) is 0 Å². The second-order valence-corrected chi connectivity index (χ2v) is 22.0. The van der Waals surface area contributed by atoms with Crippen LogP contribution in [0.3, 0.4) is 0 Å². The summed E-state index contributed by atoms with van der Waals surface area (Å²) in [5, 5.41) is 37.3. The molecule has 3 fully saturated rings. The first-order valence-corrected chi connectivity index (χ1v) is 26.0. The topological polar surface area (TPSA) is 266 Å². The summed E-state index contributed by atoms with van der Waals surface area (Å²) in [6, 6.07) is 5.83. The molecule has 372 valence electrons. The van der Waals surface area contributed by atoms with Crippen LogP contribution >= 0.6 is 7.82 Å². The number of carbonyl (C=O) groups is 3. The van der Waals surface area contributed by atoms with Crippen LogP contribution in [-0.4, -0.2) is 72.8 Å². The number of rotatable bonds is 21. The van der Waals surface area contributed by atoms with Gasteiger partial charge in [-0.05, 0) is 145 Å². The fourth-order valence-corrected chi connectivity index (χ4v) is 13.1. The van der Waals surface area contributed by atoms with Crippen LogP contribution in [0.15, 0.2) is 52.7 Å². The van der Waals surface area contributed by atoms with Gasteiger partial charge in [-0.25, -0.2) is 18.8 Å². The third-order valence-electron chi connectivity index (χ3n) is 16.2. The van der Waals surface area contributed by atoms with E-state index in [0.717, 1.165) is 36.5 Å². The van der Waals surface area contributed by atoms with Crippen molar-refractivity contribution in [1.29, 1.82) is 0 Å². The number of phosphoric ester groups is 1. The van der Waals surface area contributed by atoms with E-state index in [-0.39, 0.29) is 40.7 Å². The maximum atomic E-state index is 13.9. The van der Waals surface area contributed by atoms with Crippen LogP contribution in [0.25, 0.3) is 11.0 Å². The van der Waals surface area contributed by atoms with Crippen LogP contribution in [0, 0.1) is 56.5 Å². The number of nitro benzene ring substituents is 1. The Balaban J connectivity index is 0.965. The molecule has 68 heavy (non-hydrogen) atoms. The number of phosphoric acid groups is 1. The second-order valence-electron chi connectivity index (χ2n) is 20.9. The molecule has 2 aromatic carbocycles. The Morgan fingerprint density at radius 2 is 1.66 bits per heavy atom. The minimum atomic E-state index is -4.82. The van der Waals surface area contributed by atoms with Crippen LogP contribution in [0.5, 0.6) is 5.75 Å². The third kappa shape index (κ3) is 11.7. The summed E-state index contributed by atoms with van der Waals surface area (Å²) in [5.41, 5.74) is 2.64. The number of unbranched alkanes of at least 4 members (excludes halogenated alkanes) is 1. The van der Waals surface area contributed by atoms with E-state index in [1.165, 1.54) is 86.9 Å². The summed E-state index contributed by atoms with van der Waals surface area (Å²) in [6.45, 7) is 12.5. The van der Waals surface area contributed by atoms with E-state index < -0.39 is 48.9 Å². The molecule has 0 saturated heterocycles. The number of allylic oxidation sites excluding steroid dienone is 1. The number of non-ortho nitro benzene ring substituents is 1. The SMILES string of the molecule is CC(C)CCC[C@@H](C)[C@H]1CC[C@H]2[C@@H]3CC=C4C[C@@H](OC(=O)N[C@H](Cc5ccc(OP(=O)(O)O)cc5)C(=O)N[C@H](CCCCNc5ccc([N+](=O)[O-])c6nonc56)C(=O)O)CC[C@]4(C)[C@H]3CC[C@]12C. The molecule has 0 radical (unpaired) electrons. The van der Waals surface area contributed by atoms with E-state index in [1.54, 1.807) is 0 Å². The Kier molecular flexibility index (Phi) is 15.9. The minimum absolute atomic E-state index is 0.00578. The summed E-state index contributed by atoms with van der Waals surface area (Å²) in [6.07, 6.45) is 14.3. The van der Waals surface area contributed by atoms with E-state index in [2.05, 4.69) is 71.5 Å². The summed E-state index contributed by atoms with van der Waals surface area (Å²) in [7, 11) is -4.82. The van der Waals surface area contributed by atoms with Gasteiger partial charge < -0.3 is 30.3 Å². The van der Waals surface area contributed by atoms with Crippen LogP contribution in [0.2, 0.25) is 0 Å². The largest absolute Gasteiger partial charge is 0.524 e. The molecule has 10 atom stereocenters. The standard InChI is InChI=1S/C49H69N6O12P/c1-29(2)9-8-10-30(3)36-18-19-37-35-17-14-32-28-34(22-24-48(32,4)38(35)23-25-49(36,37)5)65-47(59)52-41(27-31-12-15-33(16-13-31)66-68(62,63)64)45(56)51-40(46(57)58)11-6-7-26-50-39-20-21-42(55(60)61)44-43(39)53-67-54-44/h12-16,20-21,29-30,34-38,40-41,50H,6-11,17-19,22-28H2,1-5H3,(H,51,56)(H,52,59)(H,57,58)(H2,62,63,64)/t30-,34+,35+,36-,37+,38+,40-,41-,48+,49-/m1/s1. The normalized spacial score (nSPS) is 26.9. The van der Waals surface area contributed by atoms with E-state index in [0.29, 0.717) is 60.7 Å². The lowest BCUT2D eigenvalue weighted by Gasteiger charge is -2.58. The molecule has 7 rings (SSSR count). The predicted molar refractivity (Wildman–Crippen MR) is 253 cm³/mol. The van der Waals surface area contributed by atoms with Gasteiger partial charge in [0.2, 0.25) is 11.4 Å². The highest BCUT2D eigenvalue weighted by Crippen LogP contribution is 2.67. The van der Waals surface area contributed by atoms with Gasteiger partial charge in [0, 0.05) is 25.5 Å². The molecule has 0 unspecified atom stereocenters. The fourth-order valence-electron chi connectivity index (χ4n) is 12.7. The van der Waals surface area contributed by atoms with Crippen molar-refractivity contribution in [3.8, 4) is 5.75 Å². The average Bonchev–Trinajstić information content (AvgIpc) is 3.91. The van der Waals surface area contributed by atoms with Crippen molar-refractivity contribution in [3.05, 3.63) is 63.7 Å². The molecule has 4 aliphatic carbocycles. The molecule has 6 N–H and O–H groups in total. The smallest absolute Gasteiger partial charge is 0.480 e. The number of carboxylic acid groups (broad SMARTS) is 1. The number of hydrogen-bond acceptors (Lipinski definition) is 12. The number of carboxylic acids is 1. The van der Waals surface area contributed by atoms with E-state index in [4.69, 9.17) is 9.37 Å². The Labute approximate surface area is 397 Å². The first kappa shape index (κ1) is 50.8. The summed E-state index contributed by atoms with van der Waals surface area (Å²) in [5.74, 6) is 2.12. The van der Waals surface area contributed by atoms with Crippen LogP contribution in [0.1, 0.15) is 130 Å². The van der Waals surface area contributed by atoms with Crippen LogP contribution in [-0.2, 0) is 25.3 Å². The highest BCUT2D eigenvalue weighted by atomic mass is 31.2. The third-order valence-corrected chi connectivity index (χ3v) is 16.6. The number of alkyl carbamates (subject to hydrolysis) is 1. The number of carbonyl (C=O) groups excluding carboxylic acids is 2. The number of ether oxygens (including phenoxy) is 1. The molecule has 1 aromatic heterocycles. The van der Waals surface area contributed by atoms with E-state index >= 15 is 0 Å². The molecule has 0 bridgehead atoms. The molecule has 0 aliphatic heterocycles. The van der Waals surface area contributed by atoms with Crippen molar-refractivity contribution < 1.29 is 52.7 Å². The first-order valence-electron chi connectivity index (χ1n) is 24.4. The summed E-state index contributed by atoms with van der Waals surface area (Å²) in [4.78, 5) is 69.3. The van der Waals surface area contributed by atoms with Gasteiger partial charge in [0.05, 0.1) is 10.6 Å². The van der Waals surface area contributed by atoms with Crippen LogP contribution < -0.4 is 20.5 Å². The van der Waals surface area contributed by atoms with Gasteiger partial charge in [-0.1, -0.05) is 77.7 Å². The van der Waals surface area contributed by atoms with Gasteiger partial charge in [-0.2, -0.15) is 0 Å². The number of nitro groups is 1. The lowest BCUT2D eigenvalue weighted by atomic mass is 9.47. The van der Waals surface area contributed by atoms with Crippen molar-refractivity contribution in [3.63, 3.8) is 0 Å². The zero-order valence-electron chi connectivity index (χ0n) is 39.9. The summed E-state index contributed by atoms with van der Waals surface area (Å²) >= 11 is 0. The highest BCUT2D eigenvalue weighted by Gasteiger charge is 2.59. The zero-order valence-corrected chi connectivity index (χ0v) is 40.8. The van der Waals surface area contributed by atoms with Crippen molar-refractivity contribution in [2.45, 2.75) is 149 Å². The molecule has 19 heteroatoms. The van der Waals surface area contributed by atoms with Gasteiger partial charge in [0.1, 0.15) is 23.9 Å². The maximum absolute atomic E-state index is 13.9. The molecule has 4 aliphatic rings. The number of fused-ring (bicyclic) bond motifs is 6. The number of aliphatic carboxylic acids is 1. The predicted octanol–water partition coefficient (Wildman–Crippen LogP) is 9.50. The molecule has 18 nitrogen and oxygen atoms in total. The van der Waals surface area contributed by atoms with Gasteiger partial charge in [0.25, 0.3) is 0 Å². The minimum Gasteiger partial charge on any atom is -0.480 e. The summed E-state index contributed by atoms with van der Waals surface area (Å²) < 4.78 is 26.8. The van der Waals surface area contributed by atoms with Crippen molar-refractivity contribution in [2.75, 3.05) is 11.9 Å². The Morgan fingerprint density at radius 3 is 2.37 bits per heavy atom. The Hall–Kier alpha value is -5.06. The van der Waals surface area contributed by atoms with Crippen molar-refractivity contribution in [2.24, 2.45) is 46.3 Å². The molecule has 0 spiro atoms. The number of nitrogens with zero attached hydrogens (tertiary/aromatic N) is 3. The first-order chi connectivity index (χ1) is 32.3. The number of anilines is 1. The van der Waals surface area contributed by atoms with Crippen molar-refractivity contribution in [1.82, 2.24) is 20.9 Å². The van der Waals surface area contributed by atoms with E-state index in [1.807, 2.05) is 0 Å². The quantitative estimate of drug-likeness (QED) is 0.0191. The molecule has 3 saturated carbocycles. The maximum Gasteiger partial charge on any atom is 0.524 e. The number of amides is 2. The number of nitrogens with one attached hydrogen (secondary N) is 3. The molecule has 2 amide bonds. The second kappa shape index (κ2) is 21.3. The highest BCUT2D eigenvalue weighted by molar-refractivity contribution is 7.46. The Bertz CT molecular complexity index is 2370. The lowest BCUT2D eigenvalue weighted by molar-refractivity contribution is -0.383. The monoisotopic (exact) mass is 964 g/mol. The van der Waals surface area contributed by atoms with E-state index in [9.17, 15) is 44.0 Å². The Morgan fingerprint density at radius 1 is 0.912 bits per heavy atom. The van der Waals surface area contributed by atoms with Gasteiger partial charge >= 0.3 is 25.6 Å². The molecule has 3 aromatic rings. The molecular formula is C49H69N6O12P. The average molecular weight is 965 g/mol. The number of aromatic nitrogens is 2. The van der Waals surface area contributed by atoms with Gasteiger partial charge in [0.15, 0.2) is 5.52 Å². The lowest BCUT2D eigenvalue weighted by Crippen LogP contribution is -2.53. The number of benzene rings is 2. The number of hydrogen-bond donors (Lipinski definition) is 6. The molecular weight excluding hydrogens is 896 g/mol. The van der Waals surface area contributed by atoms with Gasteiger partial charge in [-0.3, -0.25) is 24.7 Å². The fraction of sp³-hybridized carbons (Fsp3) is 0.653. The van der Waals surface area contributed by atoms with Crippen molar-refractivity contribution >= 4 is 48.2 Å².